The molecule has 0 bridgehead atoms. The zero-order valence-electron chi connectivity index (χ0n) is 16.2. The number of piperidine rings is 1. The number of carbonyl (C=O) groups is 2. The van der Waals surface area contributed by atoms with E-state index in [1.54, 1.807) is 24.3 Å². The lowest BCUT2D eigenvalue weighted by molar-refractivity contribution is -0.0786. The number of urea groups is 1. The largest absolute Gasteiger partial charge is 0.370 e. The van der Waals surface area contributed by atoms with E-state index in [1.165, 1.54) is 0 Å². The predicted octanol–water partition coefficient (Wildman–Crippen LogP) is 2.33. The summed E-state index contributed by atoms with van der Waals surface area (Å²) in [6, 6.07) is 6.85. The van der Waals surface area contributed by atoms with Crippen LogP contribution in [-0.2, 0) is 4.74 Å². The lowest BCUT2D eigenvalue weighted by Gasteiger charge is -2.40. The molecule has 148 valence electrons. The fourth-order valence-corrected chi connectivity index (χ4v) is 3.99. The molecule has 27 heavy (non-hydrogen) atoms. The van der Waals surface area contributed by atoms with Crippen molar-refractivity contribution in [2.24, 2.45) is 5.73 Å². The Morgan fingerprint density at radius 2 is 2.04 bits per heavy atom. The first-order chi connectivity index (χ1) is 12.9. The summed E-state index contributed by atoms with van der Waals surface area (Å²) in [7, 11) is 0. The van der Waals surface area contributed by atoms with Gasteiger partial charge in [-0.2, -0.15) is 0 Å². The monoisotopic (exact) mass is 374 g/mol. The number of anilines is 1. The maximum Gasteiger partial charge on any atom is 0.319 e. The smallest absolute Gasteiger partial charge is 0.319 e. The van der Waals surface area contributed by atoms with Crippen LogP contribution in [0, 0.1) is 0 Å². The van der Waals surface area contributed by atoms with Crippen molar-refractivity contribution in [3.8, 4) is 0 Å². The number of nitrogens with two attached hydrogens (primary N) is 1. The van der Waals surface area contributed by atoms with Gasteiger partial charge in [-0.05, 0) is 57.7 Å². The molecule has 2 heterocycles. The summed E-state index contributed by atoms with van der Waals surface area (Å²) in [6.07, 6.45) is 4.21. The van der Waals surface area contributed by atoms with E-state index in [9.17, 15) is 9.59 Å². The molecule has 2 saturated heterocycles. The normalized spacial score (nSPS) is 22.1. The van der Waals surface area contributed by atoms with E-state index in [1.807, 2.05) is 0 Å². The topological polar surface area (TPSA) is 96.7 Å². The molecule has 1 aromatic rings. The number of nitrogens with zero attached hydrogens (tertiary/aromatic N) is 1. The zero-order valence-corrected chi connectivity index (χ0v) is 16.2. The molecular weight excluding hydrogens is 344 g/mol. The molecule has 1 aromatic carbocycles. The van der Waals surface area contributed by atoms with Gasteiger partial charge in [0.1, 0.15) is 0 Å². The Kier molecular flexibility index (Phi) is 6.01. The number of carbonyl (C=O) groups excluding carboxylic acids is 2. The summed E-state index contributed by atoms with van der Waals surface area (Å²) in [5.74, 6) is -0.521. The number of benzene rings is 1. The third kappa shape index (κ3) is 4.99. The minimum atomic E-state index is -0.521. The van der Waals surface area contributed by atoms with E-state index < -0.39 is 5.91 Å². The van der Waals surface area contributed by atoms with Crippen LogP contribution >= 0.6 is 0 Å². The number of hydrogen-bond acceptors (Lipinski definition) is 4. The highest BCUT2D eigenvalue weighted by atomic mass is 16.5. The van der Waals surface area contributed by atoms with Gasteiger partial charge in [0.2, 0.25) is 5.91 Å². The van der Waals surface area contributed by atoms with Crippen LogP contribution in [0.25, 0.3) is 0 Å². The van der Waals surface area contributed by atoms with Gasteiger partial charge in [-0.15, -0.1) is 0 Å². The van der Waals surface area contributed by atoms with Gasteiger partial charge in [0.15, 0.2) is 0 Å². The summed E-state index contributed by atoms with van der Waals surface area (Å²) in [5.41, 5.74) is 6.15. The molecule has 0 radical (unpaired) electrons. The number of amides is 3. The fraction of sp³-hybridized carbons (Fsp3) is 0.600. The van der Waals surface area contributed by atoms with Crippen molar-refractivity contribution >= 4 is 17.6 Å². The molecule has 2 aliphatic heterocycles. The highest BCUT2D eigenvalue weighted by Crippen LogP contribution is 2.39. The van der Waals surface area contributed by atoms with Gasteiger partial charge in [-0.1, -0.05) is 6.07 Å². The molecule has 2 aliphatic rings. The van der Waals surface area contributed by atoms with Gasteiger partial charge in [0.25, 0.3) is 0 Å². The minimum absolute atomic E-state index is 0.00989. The van der Waals surface area contributed by atoms with Crippen molar-refractivity contribution in [3.05, 3.63) is 29.8 Å². The van der Waals surface area contributed by atoms with Gasteiger partial charge in [-0.25, -0.2) is 4.79 Å². The van der Waals surface area contributed by atoms with Crippen LogP contribution in [0.15, 0.2) is 24.3 Å². The van der Waals surface area contributed by atoms with Gasteiger partial charge < -0.3 is 26.0 Å². The molecule has 0 unspecified atom stereocenters. The van der Waals surface area contributed by atoms with Crippen molar-refractivity contribution in [1.29, 1.82) is 0 Å². The van der Waals surface area contributed by atoms with Crippen molar-refractivity contribution in [2.45, 2.75) is 57.3 Å². The molecule has 7 heteroatoms. The van der Waals surface area contributed by atoms with Gasteiger partial charge in [0.05, 0.1) is 11.7 Å². The molecule has 1 spiro atoms. The summed E-state index contributed by atoms with van der Waals surface area (Å²) in [6.45, 7) is 7.11. The second kappa shape index (κ2) is 8.27. The van der Waals surface area contributed by atoms with Crippen LogP contribution in [0.3, 0.4) is 0 Å². The van der Waals surface area contributed by atoms with Crippen LogP contribution in [0.5, 0.6) is 0 Å². The molecule has 0 aliphatic carbocycles. The Balaban J connectivity index is 1.44. The third-order valence-electron chi connectivity index (χ3n) is 5.67. The summed E-state index contributed by atoms with van der Waals surface area (Å²) in [5, 5.41) is 5.60. The molecule has 1 atom stereocenters. The first-order valence-electron chi connectivity index (χ1n) is 9.73. The van der Waals surface area contributed by atoms with Crippen LogP contribution in [0.1, 0.15) is 49.9 Å². The lowest BCUT2D eigenvalue weighted by Crippen LogP contribution is -2.47. The van der Waals surface area contributed by atoms with E-state index in [4.69, 9.17) is 10.5 Å². The van der Waals surface area contributed by atoms with Gasteiger partial charge in [-0.3, -0.25) is 4.79 Å². The van der Waals surface area contributed by atoms with Crippen molar-refractivity contribution in [1.82, 2.24) is 10.2 Å². The molecule has 0 saturated carbocycles. The third-order valence-corrected chi connectivity index (χ3v) is 5.67. The highest BCUT2D eigenvalue weighted by molar-refractivity contribution is 5.95. The van der Waals surface area contributed by atoms with Crippen molar-refractivity contribution in [2.75, 3.05) is 25.0 Å². The first-order valence-corrected chi connectivity index (χ1v) is 9.73. The van der Waals surface area contributed by atoms with Gasteiger partial charge in [0, 0.05) is 36.9 Å². The number of likely N-dealkylation sites (tertiary alicyclic amines) is 1. The van der Waals surface area contributed by atoms with E-state index in [2.05, 4.69) is 29.4 Å². The molecule has 2 fully saturated rings. The maximum atomic E-state index is 12.1. The van der Waals surface area contributed by atoms with Crippen LogP contribution in [0.4, 0.5) is 10.5 Å². The zero-order chi connectivity index (χ0) is 19.4. The second-order valence-corrected chi connectivity index (χ2v) is 7.87. The fourth-order valence-electron chi connectivity index (χ4n) is 3.99. The standard InChI is InChI=1S/C20H30N4O3/c1-14(2)24-10-8-20(9-11-24)7-6-17(27-20)13-22-19(26)23-16-5-3-4-15(12-16)18(21)25/h3-5,12,14,17H,6-11,13H2,1-2H3,(H2,21,25)(H2,22,23,26)/t17-/m0/s1. The molecule has 4 N–H and O–H groups in total. The van der Waals surface area contributed by atoms with E-state index in [0.29, 0.717) is 23.8 Å². The molecular formula is C20H30N4O3. The SMILES string of the molecule is CC(C)N1CCC2(CC[C@@H](CNC(=O)Nc3cccc(C(N)=O)c3)O2)CC1. The molecule has 3 rings (SSSR count). The molecule has 3 amide bonds. The summed E-state index contributed by atoms with van der Waals surface area (Å²) < 4.78 is 6.34. The van der Waals surface area contributed by atoms with E-state index in [0.717, 1.165) is 38.8 Å². The Bertz CT molecular complexity index is 684. The minimum Gasteiger partial charge on any atom is -0.370 e. The average Bonchev–Trinajstić information content (AvgIpc) is 3.03. The van der Waals surface area contributed by atoms with E-state index >= 15 is 0 Å². The number of nitrogens with one attached hydrogen (secondary N) is 2. The lowest BCUT2D eigenvalue weighted by atomic mass is 9.88. The van der Waals surface area contributed by atoms with Crippen molar-refractivity contribution < 1.29 is 14.3 Å². The van der Waals surface area contributed by atoms with Crippen molar-refractivity contribution in [3.63, 3.8) is 0 Å². The number of hydrogen-bond donors (Lipinski definition) is 3. The summed E-state index contributed by atoms with van der Waals surface area (Å²) in [4.78, 5) is 25.8. The quantitative estimate of drug-likeness (QED) is 0.737. The van der Waals surface area contributed by atoms with Crippen LogP contribution < -0.4 is 16.4 Å². The number of primary amides is 1. The average molecular weight is 374 g/mol. The maximum absolute atomic E-state index is 12.1. The summed E-state index contributed by atoms with van der Waals surface area (Å²) >= 11 is 0. The number of ether oxygens (including phenoxy) is 1. The van der Waals surface area contributed by atoms with Crippen LogP contribution in [-0.4, -0.2) is 54.2 Å². The Hall–Kier alpha value is -2.12. The Morgan fingerprint density at radius 3 is 2.70 bits per heavy atom. The van der Waals surface area contributed by atoms with E-state index in [-0.39, 0.29) is 17.7 Å². The second-order valence-electron chi connectivity index (χ2n) is 7.87. The highest BCUT2D eigenvalue weighted by Gasteiger charge is 2.42. The predicted molar refractivity (Wildman–Crippen MR) is 105 cm³/mol. The molecule has 0 aromatic heterocycles. The van der Waals surface area contributed by atoms with Crippen LogP contribution in [0.2, 0.25) is 0 Å². The first kappa shape index (κ1) is 19.6. The van der Waals surface area contributed by atoms with Gasteiger partial charge >= 0.3 is 6.03 Å². The molecule has 7 nitrogen and oxygen atoms in total. The Labute approximate surface area is 160 Å². The number of rotatable bonds is 5. The Morgan fingerprint density at radius 1 is 1.30 bits per heavy atom.